The van der Waals surface area contributed by atoms with Crippen molar-refractivity contribution in [1.29, 1.82) is 0 Å². The molecule has 8 nitrogen and oxygen atoms in total. The predicted octanol–water partition coefficient (Wildman–Crippen LogP) is 9.52. The highest BCUT2D eigenvalue weighted by Crippen LogP contribution is 2.38. The van der Waals surface area contributed by atoms with Crippen LogP contribution in [0.15, 0.2) is 82.6 Å². The van der Waals surface area contributed by atoms with E-state index >= 15 is 0 Å². The molecular formula is C32H27ClN2O6S4. The SMILES string of the molecule is COc1cc(C=O)ccc1O.COc1cc(C=O)ccc1Oc1nc2c(SC)cccc2s1.CSc1cccc2sc(Cl)nc12. The van der Waals surface area contributed by atoms with E-state index in [4.69, 9.17) is 30.9 Å². The number of carbonyl (C=O) groups is 2. The van der Waals surface area contributed by atoms with Gasteiger partial charge in [0.25, 0.3) is 5.19 Å². The van der Waals surface area contributed by atoms with E-state index in [2.05, 4.69) is 16.0 Å². The van der Waals surface area contributed by atoms with Crippen molar-refractivity contribution in [2.75, 3.05) is 26.7 Å². The molecule has 0 unspecified atom stereocenters. The van der Waals surface area contributed by atoms with Gasteiger partial charge in [-0.05, 0) is 73.2 Å². The van der Waals surface area contributed by atoms with Crippen LogP contribution in [0.1, 0.15) is 20.7 Å². The summed E-state index contributed by atoms with van der Waals surface area (Å²) in [4.78, 5) is 32.2. The molecule has 2 heterocycles. The molecule has 0 saturated heterocycles. The Bertz CT molecular complexity index is 1930. The van der Waals surface area contributed by atoms with Crippen molar-refractivity contribution in [2.24, 2.45) is 0 Å². The third-order valence-corrected chi connectivity index (χ3v) is 9.58. The molecule has 0 bridgehead atoms. The number of hydrogen-bond donors (Lipinski definition) is 1. The Kier molecular flexibility index (Phi) is 12.5. The van der Waals surface area contributed by atoms with Crippen LogP contribution >= 0.6 is 57.8 Å². The number of aromatic hydroxyl groups is 1. The zero-order valence-electron chi connectivity index (χ0n) is 24.5. The largest absolute Gasteiger partial charge is 0.504 e. The van der Waals surface area contributed by atoms with Gasteiger partial charge in [-0.3, -0.25) is 9.59 Å². The van der Waals surface area contributed by atoms with E-state index in [-0.39, 0.29) is 5.75 Å². The van der Waals surface area contributed by atoms with Crippen LogP contribution in [0.5, 0.6) is 28.2 Å². The van der Waals surface area contributed by atoms with Crippen LogP contribution in [0.4, 0.5) is 0 Å². The number of aromatic nitrogens is 2. The van der Waals surface area contributed by atoms with Crippen molar-refractivity contribution in [3.05, 3.63) is 88.4 Å². The van der Waals surface area contributed by atoms with Gasteiger partial charge in [0.2, 0.25) is 0 Å². The van der Waals surface area contributed by atoms with Gasteiger partial charge >= 0.3 is 0 Å². The van der Waals surface area contributed by atoms with Crippen LogP contribution in [-0.2, 0) is 0 Å². The van der Waals surface area contributed by atoms with Gasteiger partial charge < -0.3 is 19.3 Å². The number of phenols is 1. The van der Waals surface area contributed by atoms with Crippen LogP contribution in [-0.4, -0.2) is 54.4 Å². The highest BCUT2D eigenvalue weighted by molar-refractivity contribution is 7.99. The smallest absolute Gasteiger partial charge is 0.280 e. The second kappa shape index (κ2) is 16.5. The van der Waals surface area contributed by atoms with Gasteiger partial charge in [-0.2, -0.15) is 0 Å². The first-order chi connectivity index (χ1) is 21.8. The fraction of sp³-hybridized carbons (Fsp3) is 0.125. The molecule has 1 N–H and O–H groups in total. The lowest BCUT2D eigenvalue weighted by molar-refractivity contribution is 0.111. The van der Waals surface area contributed by atoms with Crippen molar-refractivity contribution in [3.63, 3.8) is 0 Å². The van der Waals surface area contributed by atoms with Crippen molar-refractivity contribution in [2.45, 2.75) is 9.79 Å². The molecule has 4 aromatic carbocycles. The standard InChI is InChI=1S/C16H13NO3S2.C8H6ClNS2.C8H8O3/c1-19-12-8-10(9-18)6-7-11(12)20-16-17-15-13(21-2)4-3-5-14(15)22-16;1-11-5-3-2-4-6-7(5)10-8(9)12-6;1-11-8-4-6(5-9)2-3-7(8)10/h3-9H,1-2H3;2-4H,1H3;2-5,10H,1H3. The molecule has 13 heteroatoms. The first-order valence-corrected chi connectivity index (χ1v) is 17.5. The summed E-state index contributed by atoms with van der Waals surface area (Å²) < 4.78 is 18.7. The van der Waals surface area contributed by atoms with E-state index in [1.54, 1.807) is 48.8 Å². The van der Waals surface area contributed by atoms with Crippen LogP contribution in [0, 0.1) is 0 Å². The Morgan fingerprint density at radius 3 is 1.87 bits per heavy atom. The monoisotopic (exact) mass is 698 g/mol. The van der Waals surface area contributed by atoms with E-state index in [0.29, 0.717) is 44.3 Å². The number of ether oxygens (including phenoxy) is 3. The number of phenolic OH excluding ortho intramolecular Hbond substituents is 1. The number of benzene rings is 4. The summed E-state index contributed by atoms with van der Waals surface area (Å²) in [6, 6.07) is 21.6. The van der Waals surface area contributed by atoms with E-state index in [1.807, 2.05) is 42.8 Å². The Hall–Kier alpha value is -3.81. The topological polar surface area (TPSA) is 108 Å². The minimum absolute atomic E-state index is 0.0399. The van der Waals surface area contributed by atoms with Crippen LogP contribution in [0.25, 0.3) is 20.4 Å². The van der Waals surface area contributed by atoms with Gasteiger partial charge in [0, 0.05) is 20.9 Å². The van der Waals surface area contributed by atoms with Crippen molar-refractivity contribution < 1.29 is 28.9 Å². The van der Waals surface area contributed by atoms with Gasteiger partial charge in [0.1, 0.15) is 12.6 Å². The van der Waals surface area contributed by atoms with Gasteiger partial charge in [-0.1, -0.05) is 35.1 Å². The number of thiazole rings is 2. The summed E-state index contributed by atoms with van der Waals surface area (Å²) in [6.45, 7) is 0. The molecule has 0 aliphatic heterocycles. The Morgan fingerprint density at radius 2 is 1.29 bits per heavy atom. The van der Waals surface area contributed by atoms with Crippen molar-refractivity contribution in [1.82, 2.24) is 9.97 Å². The van der Waals surface area contributed by atoms with Gasteiger partial charge in [0.05, 0.1) is 34.7 Å². The molecule has 0 amide bonds. The highest BCUT2D eigenvalue weighted by atomic mass is 35.5. The fourth-order valence-corrected chi connectivity index (χ4v) is 7.04. The maximum Gasteiger partial charge on any atom is 0.280 e. The number of halogens is 1. The van der Waals surface area contributed by atoms with Crippen LogP contribution in [0.2, 0.25) is 4.47 Å². The minimum atomic E-state index is 0.0399. The number of hydrogen-bond acceptors (Lipinski definition) is 12. The number of aldehydes is 2. The van der Waals surface area contributed by atoms with Gasteiger partial charge in [-0.25, -0.2) is 9.97 Å². The molecule has 6 aromatic rings. The predicted molar refractivity (Wildman–Crippen MR) is 186 cm³/mol. The average molecular weight is 699 g/mol. The lowest BCUT2D eigenvalue weighted by Crippen LogP contribution is -1.91. The zero-order chi connectivity index (χ0) is 32.3. The Morgan fingerprint density at radius 1 is 0.733 bits per heavy atom. The zero-order valence-corrected chi connectivity index (χ0v) is 28.5. The third kappa shape index (κ3) is 8.68. The Labute approximate surface area is 281 Å². The van der Waals surface area contributed by atoms with E-state index in [0.717, 1.165) is 31.6 Å². The minimum Gasteiger partial charge on any atom is -0.504 e. The molecule has 0 aliphatic rings. The molecule has 0 radical (unpaired) electrons. The first-order valence-electron chi connectivity index (χ1n) is 13.0. The first kappa shape index (κ1) is 34.1. The summed E-state index contributed by atoms with van der Waals surface area (Å²) in [5.41, 5.74) is 3.00. The molecule has 6 rings (SSSR count). The second-order valence-corrected chi connectivity index (χ2v) is 13.0. The molecular weight excluding hydrogens is 672 g/mol. The molecule has 232 valence electrons. The Balaban J connectivity index is 0.000000169. The molecule has 0 atom stereocenters. The average Bonchev–Trinajstić information content (AvgIpc) is 3.67. The fourth-order valence-electron chi connectivity index (χ4n) is 3.88. The number of rotatable bonds is 8. The summed E-state index contributed by atoms with van der Waals surface area (Å²) in [5.74, 6) is 1.40. The van der Waals surface area contributed by atoms with Crippen molar-refractivity contribution in [3.8, 4) is 28.2 Å². The number of methoxy groups -OCH3 is 2. The molecule has 0 spiro atoms. The van der Waals surface area contributed by atoms with E-state index in [9.17, 15) is 9.59 Å². The molecule has 2 aromatic heterocycles. The summed E-state index contributed by atoms with van der Waals surface area (Å²) >= 11 is 12.2. The molecule has 45 heavy (non-hydrogen) atoms. The van der Waals surface area contributed by atoms with Crippen LogP contribution in [0.3, 0.4) is 0 Å². The summed E-state index contributed by atoms with van der Waals surface area (Å²) in [6.07, 6.45) is 5.54. The summed E-state index contributed by atoms with van der Waals surface area (Å²) in [5, 5.41) is 9.64. The molecule has 0 saturated carbocycles. The van der Waals surface area contributed by atoms with E-state index < -0.39 is 0 Å². The van der Waals surface area contributed by atoms with Crippen molar-refractivity contribution >= 4 is 90.8 Å². The number of fused-ring (bicyclic) bond motifs is 2. The molecule has 0 fully saturated rings. The number of carbonyl (C=O) groups excluding carboxylic acids is 2. The highest BCUT2D eigenvalue weighted by Gasteiger charge is 2.12. The lowest BCUT2D eigenvalue weighted by atomic mass is 10.2. The number of para-hydroxylation sites is 2. The van der Waals surface area contributed by atoms with Gasteiger partial charge in [0.15, 0.2) is 27.5 Å². The summed E-state index contributed by atoms with van der Waals surface area (Å²) in [7, 11) is 2.98. The maximum atomic E-state index is 10.8. The number of nitrogens with zero attached hydrogens (tertiary/aromatic N) is 2. The van der Waals surface area contributed by atoms with Crippen LogP contribution < -0.4 is 14.2 Å². The maximum absolute atomic E-state index is 10.8. The normalized spacial score (nSPS) is 10.3. The second-order valence-electron chi connectivity index (χ2n) is 8.74. The lowest BCUT2D eigenvalue weighted by Gasteiger charge is -2.08. The van der Waals surface area contributed by atoms with E-state index in [1.165, 1.54) is 52.9 Å². The third-order valence-electron chi connectivity index (χ3n) is 6.02. The quantitative estimate of drug-likeness (QED) is 0.122. The molecule has 0 aliphatic carbocycles. The number of thioether (sulfide) groups is 2. The van der Waals surface area contributed by atoms with Gasteiger partial charge in [-0.15, -0.1) is 34.9 Å².